The molecule has 0 aliphatic rings. The second-order valence-electron chi connectivity index (χ2n) is 7.91. The molecule has 0 aromatic carbocycles. The molecule has 148 valence electrons. The van der Waals surface area contributed by atoms with Crippen LogP contribution in [-0.4, -0.2) is 32.8 Å². The lowest BCUT2D eigenvalue weighted by Gasteiger charge is -2.30. The van der Waals surface area contributed by atoms with Crippen molar-refractivity contribution in [2.24, 2.45) is 11.7 Å². The molecular formula is C21H36N2O3. The van der Waals surface area contributed by atoms with Crippen molar-refractivity contribution in [1.82, 2.24) is 4.98 Å². The van der Waals surface area contributed by atoms with Crippen LogP contribution < -0.4 is 5.73 Å². The zero-order valence-electron chi connectivity index (χ0n) is 16.8. The standard InChI is InChI=1S/C21H36N2O3/c1-5-6-7-8-9-10-17-12-18(23-14-16(17)4)13-21(26,20(24)25)19(22)11-15(2)3/h12,14-15,19,26H,5-11,13,22H2,1-4H3,(H,24,25)/t19-,21+/m0/s1. The highest BCUT2D eigenvalue weighted by molar-refractivity contribution is 5.78. The third kappa shape index (κ3) is 6.69. The van der Waals surface area contributed by atoms with Crippen LogP contribution in [-0.2, 0) is 17.6 Å². The molecule has 1 aromatic heterocycles. The first-order valence-electron chi connectivity index (χ1n) is 9.86. The van der Waals surface area contributed by atoms with Crippen LogP contribution in [0.25, 0.3) is 0 Å². The van der Waals surface area contributed by atoms with Gasteiger partial charge in [0, 0.05) is 24.4 Å². The molecule has 5 nitrogen and oxygen atoms in total. The third-order valence-corrected chi connectivity index (χ3v) is 4.98. The highest BCUT2D eigenvalue weighted by Gasteiger charge is 2.43. The number of hydrogen-bond acceptors (Lipinski definition) is 4. The van der Waals surface area contributed by atoms with Crippen molar-refractivity contribution >= 4 is 5.97 Å². The largest absolute Gasteiger partial charge is 0.479 e. The van der Waals surface area contributed by atoms with E-state index in [1.807, 2.05) is 26.8 Å². The Bertz CT molecular complexity index is 574. The molecular weight excluding hydrogens is 328 g/mol. The van der Waals surface area contributed by atoms with Gasteiger partial charge < -0.3 is 15.9 Å². The van der Waals surface area contributed by atoms with Gasteiger partial charge in [-0.15, -0.1) is 0 Å². The highest BCUT2D eigenvalue weighted by Crippen LogP contribution is 2.23. The number of aromatic nitrogens is 1. The van der Waals surface area contributed by atoms with Gasteiger partial charge in [0.15, 0.2) is 5.60 Å². The number of hydrogen-bond donors (Lipinski definition) is 3. The highest BCUT2D eigenvalue weighted by atomic mass is 16.4. The fraction of sp³-hybridized carbons (Fsp3) is 0.714. The topological polar surface area (TPSA) is 96.4 Å². The Kier molecular flexibility index (Phi) is 9.23. The molecule has 1 rings (SSSR count). The average Bonchev–Trinajstić information content (AvgIpc) is 2.56. The van der Waals surface area contributed by atoms with E-state index in [4.69, 9.17) is 5.73 Å². The van der Waals surface area contributed by atoms with E-state index >= 15 is 0 Å². The molecule has 0 amide bonds. The number of aliphatic carboxylic acids is 1. The first-order valence-corrected chi connectivity index (χ1v) is 9.86. The molecule has 0 saturated heterocycles. The van der Waals surface area contributed by atoms with Crippen LogP contribution in [0.5, 0.6) is 0 Å². The predicted octanol–water partition coefficient (Wildman–Crippen LogP) is 3.63. The molecule has 26 heavy (non-hydrogen) atoms. The van der Waals surface area contributed by atoms with Crippen LogP contribution >= 0.6 is 0 Å². The van der Waals surface area contributed by atoms with E-state index in [9.17, 15) is 15.0 Å². The monoisotopic (exact) mass is 364 g/mol. The van der Waals surface area contributed by atoms with Crippen LogP contribution in [0.2, 0.25) is 0 Å². The van der Waals surface area contributed by atoms with Gasteiger partial charge >= 0.3 is 5.97 Å². The molecule has 4 N–H and O–H groups in total. The molecule has 1 aromatic rings. The van der Waals surface area contributed by atoms with Gasteiger partial charge in [0.05, 0.1) is 0 Å². The van der Waals surface area contributed by atoms with E-state index in [1.165, 1.54) is 31.2 Å². The fourth-order valence-electron chi connectivity index (χ4n) is 3.24. The smallest absolute Gasteiger partial charge is 0.337 e. The maximum atomic E-state index is 11.7. The number of carboxylic acids is 1. The van der Waals surface area contributed by atoms with Crippen LogP contribution in [0.4, 0.5) is 0 Å². The van der Waals surface area contributed by atoms with Crippen molar-refractivity contribution in [3.05, 3.63) is 29.1 Å². The quantitative estimate of drug-likeness (QED) is 0.492. The van der Waals surface area contributed by atoms with E-state index in [0.717, 1.165) is 18.4 Å². The lowest BCUT2D eigenvalue weighted by Crippen LogP contribution is -2.56. The summed E-state index contributed by atoms with van der Waals surface area (Å²) < 4.78 is 0. The second-order valence-corrected chi connectivity index (χ2v) is 7.91. The molecule has 0 radical (unpaired) electrons. The zero-order valence-corrected chi connectivity index (χ0v) is 16.8. The minimum atomic E-state index is -2.00. The summed E-state index contributed by atoms with van der Waals surface area (Å²) in [4.78, 5) is 16.1. The first kappa shape index (κ1) is 22.6. The van der Waals surface area contributed by atoms with Gasteiger partial charge in [-0.1, -0.05) is 46.5 Å². The van der Waals surface area contributed by atoms with Crippen LogP contribution in [0.1, 0.15) is 76.1 Å². The number of nitrogens with two attached hydrogens (primary N) is 1. The Morgan fingerprint density at radius 1 is 1.27 bits per heavy atom. The molecule has 5 heteroatoms. The van der Waals surface area contributed by atoms with Crippen molar-refractivity contribution < 1.29 is 15.0 Å². The van der Waals surface area contributed by atoms with Crippen molar-refractivity contribution in [3.8, 4) is 0 Å². The van der Waals surface area contributed by atoms with E-state index in [2.05, 4.69) is 11.9 Å². The molecule has 0 bridgehead atoms. The fourth-order valence-corrected chi connectivity index (χ4v) is 3.24. The Labute approximate surface area is 158 Å². The Hall–Kier alpha value is -1.46. The Balaban J connectivity index is 2.86. The number of unbranched alkanes of at least 4 members (excludes halogenated alkanes) is 4. The van der Waals surface area contributed by atoms with Gasteiger partial charge in [-0.05, 0) is 49.3 Å². The summed E-state index contributed by atoms with van der Waals surface area (Å²) in [7, 11) is 0. The maximum Gasteiger partial charge on any atom is 0.337 e. The van der Waals surface area contributed by atoms with Crippen molar-refractivity contribution in [1.29, 1.82) is 0 Å². The zero-order chi connectivity index (χ0) is 19.7. The third-order valence-electron chi connectivity index (χ3n) is 4.98. The van der Waals surface area contributed by atoms with Gasteiger partial charge in [-0.3, -0.25) is 4.98 Å². The minimum Gasteiger partial charge on any atom is -0.479 e. The number of carboxylic acid groups (broad SMARTS) is 1. The average molecular weight is 365 g/mol. The van der Waals surface area contributed by atoms with Crippen molar-refractivity contribution in [2.75, 3.05) is 0 Å². The van der Waals surface area contributed by atoms with Gasteiger partial charge in [0.2, 0.25) is 0 Å². The van der Waals surface area contributed by atoms with E-state index in [-0.39, 0.29) is 12.3 Å². The molecule has 0 spiro atoms. The van der Waals surface area contributed by atoms with Gasteiger partial charge in [0.25, 0.3) is 0 Å². The minimum absolute atomic E-state index is 0.0701. The predicted molar refractivity (Wildman–Crippen MR) is 105 cm³/mol. The summed E-state index contributed by atoms with van der Waals surface area (Å²) in [6.07, 6.45) is 9.14. The number of rotatable bonds is 12. The number of pyridine rings is 1. The first-order chi connectivity index (χ1) is 12.2. The lowest BCUT2D eigenvalue weighted by molar-refractivity contribution is -0.161. The van der Waals surface area contributed by atoms with E-state index < -0.39 is 17.6 Å². The SMILES string of the molecule is CCCCCCCc1cc(C[C@](O)(C(=O)O)[C@@H](N)CC(C)C)ncc1C. The second kappa shape index (κ2) is 10.6. The molecule has 1 heterocycles. The molecule has 0 aliphatic carbocycles. The Morgan fingerprint density at radius 2 is 1.92 bits per heavy atom. The van der Waals surface area contributed by atoms with Crippen LogP contribution in [0.3, 0.4) is 0 Å². The summed E-state index contributed by atoms with van der Waals surface area (Å²) in [5.41, 5.74) is 6.91. The molecule has 0 saturated carbocycles. The number of nitrogens with zero attached hydrogens (tertiary/aromatic N) is 1. The van der Waals surface area contributed by atoms with Gasteiger partial charge in [-0.2, -0.15) is 0 Å². The summed E-state index contributed by atoms with van der Waals surface area (Å²) in [5, 5.41) is 20.3. The van der Waals surface area contributed by atoms with Crippen molar-refractivity contribution in [2.45, 2.75) is 90.7 Å². The maximum absolute atomic E-state index is 11.7. The molecule has 0 unspecified atom stereocenters. The Morgan fingerprint density at radius 3 is 2.50 bits per heavy atom. The van der Waals surface area contributed by atoms with Crippen LogP contribution in [0, 0.1) is 12.8 Å². The normalized spacial score (nSPS) is 15.0. The number of carbonyl (C=O) groups is 1. The summed E-state index contributed by atoms with van der Waals surface area (Å²) in [6, 6.07) is 1.10. The van der Waals surface area contributed by atoms with Crippen LogP contribution in [0.15, 0.2) is 12.3 Å². The summed E-state index contributed by atoms with van der Waals surface area (Å²) in [6.45, 7) is 8.14. The van der Waals surface area contributed by atoms with Gasteiger partial charge in [-0.25, -0.2) is 4.79 Å². The molecule has 0 fully saturated rings. The lowest BCUT2D eigenvalue weighted by atomic mass is 9.84. The summed E-state index contributed by atoms with van der Waals surface area (Å²) in [5.74, 6) is -1.07. The van der Waals surface area contributed by atoms with E-state index in [0.29, 0.717) is 12.1 Å². The molecule has 0 aliphatic heterocycles. The number of aliphatic hydroxyl groups is 1. The van der Waals surface area contributed by atoms with Gasteiger partial charge in [0.1, 0.15) is 0 Å². The van der Waals surface area contributed by atoms with Crippen molar-refractivity contribution in [3.63, 3.8) is 0 Å². The summed E-state index contributed by atoms with van der Waals surface area (Å²) >= 11 is 0. The number of aryl methyl sites for hydroxylation is 2. The molecule has 2 atom stereocenters. The van der Waals surface area contributed by atoms with E-state index in [1.54, 1.807) is 6.20 Å².